The van der Waals surface area contributed by atoms with Crippen molar-refractivity contribution in [3.8, 4) is 5.75 Å². The third-order valence-corrected chi connectivity index (χ3v) is 2.01. The average molecular weight is 219 g/mol. The Morgan fingerprint density at radius 3 is 2.69 bits per heavy atom. The maximum absolute atomic E-state index is 10.6. The summed E-state index contributed by atoms with van der Waals surface area (Å²) in [4.78, 5) is 10.6. The minimum Gasteiger partial charge on any atom is -0.425 e. The van der Waals surface area contributed by atoms with Crippen LogP contribution in [-0.2, 0) is 10.7 Å². The highest BCUT2D eigenvalue weighted by Crippen LogP contribution is 2.26. The zero-order valence-corrected chi connectivity index (χ0v) is 8.52. The molecule has 1 aromatic rings. The van der Waals surface area contributed by atoms with Crippen LogP contribution in [0.4, 0.5) is 0 Å². The van der Waals surface area contributed by atoms with E-state index < -0.39 is 0 Å². The predicted octanol–water partition coefficient (Wildman–Crippen LogP) is 3.00. The normalized spacial score (nSPS) is 9.77. The van der Waals surface area contributed by atoms with Crippen LogP contribution < -0.4 is 4.74 Å². The molecule has 0 radical (unpaired) electrons. The molecule has 13 heavy (non-hydrogen) atoms. The Hall–Kier alpha value is -0.730. The molecular weight excluding hydrogens is 211 g/mol. The summed E-state index contributed by atoms with van der Waals surface area (Å²) < 4.78 is 4.83. The smallest absolute Gasteiger partial charge is 0.308 e. The number of benzene rings is 1. The van der Waals surface area contributed by atoms with Gasteiger partial charge >= 0.3 is 5.97 Å². The van der Waals surface area contributed by atoms with Crippen molar-refractivity contribution in [3.05, 3.63) is 28.8 Å². The number of hydrogen-bond acceptors (Lipinski definition) is 2. The van der Waals surface area contributed by atoms with Gasteiger partial charge in [0.2, 0.25) is 0 Å². The quantitative estimate of drug-likeness (QED) is 0.434. The molecule has 0 spiro atoms. The molecule has 4 heteroatoms. The summed E-state index contributed by atoms with van der Waals surface area (Å²) in [6.07, 6.45) is 0. The van der Waals surface area contributed by atoms with E-state index in [1.807, 2.05) is 0 Å². The van der Waals surface area contributed by atoms with Crippen LogP contribution >= 0.6 is 23.2 Å². The van der Waals surface area contributed by atoms with Crippen LogP contribution in [0.3, 0.4) is 0 Å². The number of alkyl halides is 1. The molecule has 0 aliphatic heterocycles. The Morgan fingerprint density at radius 2 is 2.23 bits per heavy atom. The van der Waals surface area contributed by atoms with Crippen molar-refractivity contribution >= 4 is 29.2 Å². The second-order valence-electron chi connectivity index (χ2n) is 2.49. The molecule has 0 heterocycles. The predicted molar refractivity (Wildman–Crippen MR) is 52.3 cm³/mol. The van der Waals surface area contributed by atoms with Crippen molar-refractivity contribution < 1.29 is 9.53 Å². The highest BCUT2D eigenvalue weighted by atomic mass is 35.5. The number of ether oxygens (including phenoxy) is 1. The van der Waals surface area contributed by atoms with E-state index in [1.54, 1.807) is 18.2 Å². The van der Waals surface area contributed by atoms with E-state index in [-0.39, 0.29) is 5.97 Å². The van der Waals surface area contributed by atoms with E-state index >= 15 is 0 Å². The fourth-order valence-electron chi connectivity index (χ4n) is 0.865. The largest absolute Gasteiger partial charge is 0.425 e. The van der Waals surface area contributed by atoms with Crippen LogP contribution in [0, 0.1) is 0 Å². The lowest BCUT2D eigenvalue weighted by Crippen LogP contribution is -2.01. The van der Waals surface area contributed by atoms with Gasteiger partial charge in [0, 0.05) is 12.8 Å². The Kier molecular flexibility index (Phi) is 3.58. The summed E-state index contributed by atoms with van der Waals surface area (Å²) in [6, 6.07) is 5.06. The zero-order valence-electron chi connectivity index (χ0n) is 7.01. The molecule has 0 aliphatic rings. The van der Waals surface area contributed by atoms with Crippen LogP contribution in [0.25, 0.3) is 0 Å². The fourth-order valence-corrected chi connectivity index (χ4v) is 1.27. The summed E-state index contributed by atoms with van der Waals surface area (Å²) in [5.74, 6) is 0.364. The first-order valence-electron chi connectivity index (χ1n) is 3.66. The molecule has 0 saturated carbocycles. The minimum absolute atomic E-state index is 0.364. The molecule has 0 unspecified atom stereocenters. The van der Waals surface area contributed by atoms with Gasteiger partial charge in [0.05, 0.1) is 5.02 Å². The molecule has 0 fully saturated rings. The molecular formula is C9H8Cl2O2. The van der Waals surface area contributed by atoms with Crippen LogP contribution in [0.2, 0.25) is 5.02 Å². The van der Waals surface area contributed by atoms with Crippen molar-refractivity contribution in [1.29, 1.82) is 0 Å². The number of esters is 1. The van der Waals surface area contributed by atoms with Gasteiger partial charge < -0.3 is 4.74 Å². The standard InChI is InChI=1S/C9H8Cl2O2/c1-6(12)13-9-3-2-7(5-10)4-8(9)11/h2-4H,5H2,1H3. The molecule has 0 aliphatic carbocycles. The molecule has 0 bridgehead atoms. The van der Waals surface area contributed by atoms with Gasteiger partial charge in [-0.2, -0.15) is 0 Å². The molecule has 2 nitrogen and oxygen atoms in total. The van der Waals surface area contributed by atoms with Crippen molar-refractivity contribution in [2.75, 3.05) is 0 Å². The number of carbonyl (C=O) groups excluding carboxylic acids is 1. The van der Waals surface area contributed by atoms with Crippen LogP contribution in [0.1, 0.15) is 12.5 Å². The molecule has 70 valence electrons. The van der Waals surface area contributed by atoms with E-state index in [4.69, 9.17) is 27.9 Å². The Labute approximate surface area is 86.4 Å². The van der Waals surface area contributed by atoms with Gasteiger partial charge in [-0.1, -0.05) is 17.7 Å². The first-order chi connectivity index (χ1) is 6.13. The Balaban J connectivity index is 2.91. The summed E-state index contributed by atoms with van der Waals surface area (Å²) in [5.41, 5.74) is 0.891. The minimum atomic E-state index is -0.388. The second-order valence-corrected chi connectivity index (χ2v) is 3.17. The summed E-state index contributed by atoms with van der Waals surface area (Å²) in [5, 5.41) is 0.397. The zero-order chi connectivity index (χ0) is 9.84. The van der Waals surface area contributed by atoms with Gasteiger partial charge in [-0.3, -0.25) is 4.79 Å². The number of halogens is 2. The van der Waals surface area contributed by atoms with Gasteiger partial charge in [0.1, 0.15) is 5.75 Å². The van der Waals surface area contributed by atoms with E-state index in [0.29, 0.717) is 16.7 Å². The lowest BCUT2D eigenvalue weighted by Gasteiger charge is -2.04. The number of hydrogen-bond donors (Lipinski definition) is 0. The van der Waals surface area contributed by atoms with E-state index in [9.17, 15) is 4.79 Å². The molecule has 0 aromatic heterocycles. The second kappa shape index (κ2) is 4.49. The van der Waals surface area contributed by atoms with Crippen molar-refractivity contribution in [2.24, 2.45) is 0 Å². The maximum Gasteiger partial charge on any atom is 0.308 e. The van der Waals surface area contributed by atoms with Crippen molar-refractivity contribution in [2.45, 2.75) is 12.8 Å². The van der Waals surface area contributed by atoms with Crippen molar-refractivity contribution in [3.63, 3.8) is 0 Å². The van der Waals surface area contributed by atoms with Gasteiger partial charge in [0.15, 0.2) is 0 Å². The Bertz CT molecular complexity index is 323. The molecule has 1 aromatic carbocycles. The number of carbonyl (C=O) groups is 1. The monoisotopic (exact) mass is 218 g/mol. The topological polar surface area (TPSA) is 26.3 Å². The summed E-state index contributed by atoms with van der Waals surface area (Å²) in [6.45, 7) is 1.33. The van der Waals surface area contributed by atoms with Crippen LogP contribution in [0.5, 0.6) is 5.75 Å². The van der Waals surface area contributed by atoms with Gasteiger partial charge in [-0.25, -0.2) is 0 Å². The van der Waals surface area contributed by atoms with Crippen LogP contribution in [0.15, 0.2) is 18.2 Å². The van der Waals surface area contributed by atoms with E-state index in [0.717, 1.165) is 5.56 Å². The molecule has 0 saturated heterocycles. The lowest BCUT2D eigenvalue weighted by molar-refractivity contribution is -0.131. The maximum atomic E-state index is 10.6. The first-order valence-corrected chi connectivity index (χ1v) is 4.57. The molecule has 1 rings (SSSR count). The SMILES string of the molecule is CC(=O)Oc1ccc(CCl)cc1Cl. The van der Waals surface area contributed by atoms with Crippen LogP contribution in [-0.4, -0.2) is 5.97 Å². The molecule has 0 atom stereocenters. The molecule has 0 amide bonds. The third-order valence-electron chi connectivity index (χ3n) is 1.40. The van der Waals surface area contributed by atoms with Crippen molar-refractivity contribution in [1.82, 2.24) is 0 Å². The van der Waals surface area contributed by atoms with Gasteiger partial charge in [0.25, 0.3) is 0 Å². The fraction of sp³-hybridized carbons (Fsp3) is 0.222. The average Bonchev–Trinajstić information content (AvgIpc) is 2.08. The van der Waals surface area contributed by atoms with Gasteiger partial charge in [-0.15, -0.1) is 11.6 Å². The van der Waals surface area contributed by atoms with E-state index in [1.165, 1.54) is 6.92 Å². The van der Waals surface area contributed by atoms with E-state index in [2.05, 4.69) is 0 Å². The first kappa shape index (κ1) is 10.4. The summed E-state index contributed by atoms with van der Waals surface area (Å²) in [7, 11) is 0. The molecule has 0 N–H and O–H groups in total. The third kappa shape index (κ3) is 2.90. The Morgan fingerprint density at radius 1 is 1.54 bits per heavy atom. The highest BCUT2D eigenvalue weighted by Gasteiger charge is 2.04. The summed E-state index contributed by atoms with van der Waals surface area (Å²) >= 11 is 11.4. The highest BCUT2D eigenvalue weighted by molar-refractivity contribution is 6.32. The lowest BCUT2D eigenvalue weighted by atomic mass is 10.2. The number of rotatable bonds is 2. The van der Waals surface area contributed by atoms with Gasteiger partial charge in [-0.05, 0) is 17.7 Å².